The molecule has 31 heavy (non-hydrogen) atoms. The first kappa shape index (κ1) is 20.4. The fourth-order valence-electron chi connectivity index (χ4n) is 3.38. The smallest absolute Gasteiger partial charge is 0.255 e. The normalized spacial score (nSPS) is 10.6. The predicted molar refractivity (Wildman–Crippen MR) is 122 cm³/mol. The van der Waals surface area contributed by atoms with Crippen molar-refractivity contribution in [2.45, 2.75) is 20.0 Å². The summed E-state index contributed by atoms with van der Waals surface area (Å²) in [4.78, 5) is 13.1. The van der Waals surface area contributed by atoms with Crippen molar-refractivity contribution in [1.29, 1.82) is 0 Å². The summed E-state index contributed by atoms with van der Waals surface area (Å²) in [5, 5.41) is 7.76. The second-order valence-corrected chi connectivity index (χ2v) is 7.47. The number of hydrogen-bond acceptors (Lipinski definition) is 3. The third-order valence-corrected chi connectivity index (χ3v) is 5.13. The van der Waals surface area contributed by atoms with Crippen LogP contribution in [-0.2, 0) is 13.1 Å². The van der Waals surface area contributed by atoms with Gasteiger partial charge in [-0.15, -0.1) is 0 Å². The van der Waals surface area contributed by atoms with Gasteiger partial charge in [-0.25, -0.2) is 0 Å². The van der Waals surface area contributed by atoms with E-state index in [4.69, 9.17) is 9.84 Å². The van der Waals surface area contributed by atoms with Crippen LogP contribution in [0.3, 0.4) is 0 Å². The van der Waals surface area contributed by atoms with Crippen LogP contribution in [0.15, 0.2) is 85.1 Å². The molecule has 0 bridgehead atoms. The third kappa shape index (κ3) is 5.01. The van der Waals surface area contributed by atoms with Gasteiger partial charge in [0, 0.05) is 18.3 Å². The number of nitrogens with one attached hydrogen (secondary N) is 1. The maximum atomic E-state index is 13.1. The standard InChI is InChI=1S/C26H25N3O2/c1-19-8-12-22(13-9-19)25-24(18-29(28-25)17-21-6-4-3-5-7-21)26(30)27-16-20-10-14-23(31-2)15-11-20/h3-15,18H,16-17H2,1-2H3,(H,27,30). The molecule has 5 nitrogen and oxygen atoms in total. The summed E-state index contributed by atoms with van der Waals surface area (Å²) < 4.78 is 7.02. The highest BCUT2D eigenvalue weighted by atomic mass is 16.5. The van der Waals surface area contributed by atoms with E-state index in [1.54, 1.807) is 7.11 Å². The molecule has 1 heterocycles. The van der Waals surface area contributed by atoms with Crippen LogP contribution in [-0.4, -0.2) is 22.8 Å². The van der Waals surface area contributed by atoms with Gasteiger partial charge in [0.05, 0.1) is 19.2 Å². The van der Waals surface area contributed by atoms with Crippen LogP contribution >= 0.6 is 0 Å². The Morgan fingerprint density at radius 2 is 1.65 bits per heavy atom. The number of rotatable bonds is 7. The second kappa shape index (κ2) is 9.30. The Morgan fingerprint density at radius 1 is 0.935 bits per heavy atom. The molecule has 0 saturated carbocycles. The lowest BCUT2D eigenvalue weighted by Crippen LogP contribution is -2.23. The molecule has 0 fully saturated rings. The minimum atomic E-state index is -0.147. The van der Waals surface area contributed by atoms with Gasteiger partial charge >= 0.3 is 0 Å². The Kier molecular flexibility index (Phi) is 6.13. The second-order valence-electron chi connectivity index (χ2n) is 7.47. The van der Waals surface area contributed by atoms with Crippen molar-refractivity contribution < 1.29 is 9.53 Å². The summed E-state index contributed by atoms with van der Waals surface area (Å²) in [6, 6.07) is 25.8. The van der Waals surface area contributed by atoms with Gasteiger partial charge in [0.2, 0.25) is 0 Å². The molecule has 0 unspecified atom stereocenters. The summed E-state index contributed by atoms with van der Waals surface area (Å²) in [7, 11) is 1.64. The van der Waals surface area contributed by atoms with E-state index in [9.17, 15) is 4.79 Å². The van der Waals surface area contributed by atoms with E-state index in [0.717, 1.165) is 28.0 Å². The monoisotopic (exact) mass is 411 g/mol. The number of carbonyl (C=O) groups excluding carboxylic acids is 1. The number of aryl methyl sites for hydroxylation is 1. The molecule has 0 atom stereocenters. The first-order valence-corrected chi connectivity index (χ1v) is 10.2. The number of ether oxygens (including phenoxy) is 1. The Labute approximate surface area is 182 Å². The number of hydrogen-bond donors (Lipinski definition) is 1. The van der Waals surface area contributed by atoms with E-state index >= 15 is 0 Å². The van der Waals surface area contributed by atoms with E-state index in [2.05, 4.69) is 17.4 Å². The molecule has 4 rings (SSSR count). The van der Waals surface area contributed by atoms with Gasteiger partial charge in [-0.2, -0.15) is 5.10 Å². The highest BCUT2D eigenvalue weighted by Crippen LogP contribution is 2.23. The molecule has 1 aromatic heterocycles. The van der Waals surface area contributed by atoms with Crippen LogP contribution in [0.1, 0.15) is 27.0 Å². The topological polar surface area (TPSA) is 56.1 Å². The molecule has 3 aromatic carbocycles. The highest BCUT2D eigenvalue weighted by Gasteiger charge is 2.18. The van der Waals surface area contributed by atoms with Crippen molar-refractivity contribution in [1.82, 2.24) is 15.1 Å². The lowest BCUT2D eigenvalue weighted by molar-refractivity contribution is 0.0951. The minimum absolute atomic E-state index is 0.147. The Balaban J connectivity index is 1.58. The van der Waals surface area contributed by atoms with E-state index in [-0.39, 0.29) is 5.91 Å². The molecule has 5 heteroatoms. The molecule has 0 saturated heterocycles. The maximum absolute atomic E-state index is 13.1. The number of nitrogens with zero attached hydrogens (tertiary/aromatic N) is 2. The minimum Gasteiger partial charge on any atom is -0.497 e. The van der Waals surface area contributed by atoms with Crippen molar-refractivity contribution in [3.8, 4) is 17.0 Å². The lowest BCUT2D eigenvalue weighted by Gasteiger charge is -2.07. The summed E-state index contributed by atoms with van der Waals surface area (Å²) in [6.45, 7) is 3.08. The zero-order valence-corrected chi connectivity index (χ0v) is 17.7. The van der Waals surface area contributed by atoms with Crippen molar-refractivity contribution >= 4 is 5.91 Å². The molecule has 0 aliphatic rings. The average molecular weight is 412 g/mol. The van der Waals surface area contributed by atoms with Crippen LogP contribution in [0.4, 0.5) is 0 Å². The SMILES string of the molecule is COc1ccc(CNC(=O)c2cn(Cc3ccccc3)nc2-c2ccc(C)cc2)cc1. The Bertz CT molecular complexity index is 1150. The number of carbonyl (C=O) groups is 1. The molecular formula is C26H25N3O2. The Morgan fingerprint density at radius 3 is 2.32 bits per heavy atom. The zero-order chi connectivity index (χ0) is 21.6. The summed E-state index contributed by atoms with van der Waals surface area (Å²) in [5.74, 6) is 0.643. The molecule has 0 aliphatic carbocycles. The molecule has 0 spiro atoms. The molecule has 1 N–H and O–H groups in total. The average Bonchev–Trinajstić information content (AvgIpc) is 3.23. The zero-order valence-electron chi connectivity index (χ0n) is 17.7. The fraction of sp³-hybridized carbons (Fsp3) is 0.154. The predicted octanol–water partition coefficient (Wildman–Crippen LogP) is 4.85. The van der Waals surface area contributed by atoms with Crippen molar-refractivity contribution in [2.24, 2.45) is 0 Å². The van der Waals surface area contributed by atoms with E-state index in [0.29, 0.717) is 24.3 Å². The molecule has 156 valence electrons. The number of methoxy groups -OCH3 is 1. The van der Waals surface area contributed by atoms with Gasteiger partial charge in [0.15, 0.2) is 0 Å². The van der Waals surface area contributed by atoms with Gasteiger partial charge in [0.1, 0.15) is 11.4 Å². The lowest BCUT2D eigenvalue weighted by atomic mass is 10.1. The number of aromatic nitrogens is 2. The number of amides is 1. The summed E-state index contributed by atoms with van der Waals surface area (Å²) in [6.07, 6.45) is 1.82. The van der Waals surface area contributed by atoms with Crippen molar-refractivity contribution in [3.05, 3.63) is 107 Å². The van der Waals surface area contributed by atoms with Crippen LogP contribution in [0, 0.1) is 6.92 Å². The number of benzene rings is 3. The molecule has 0 radical (unpaired) electrons. The van der Waals surface area contributed by atoms with Gasteiger partial charge in [0.25, 0.3) is 5.91 Å². The summed E-state index contributed by atoms with van der Waals surface area (Å²) >= 11 is 0. The van der Waals surface area contributed by atoms with E-state index < -0.39 is 0 Å². The highest BCUT2D eigenvalue weighted by molar-refractivity contribution is 5.99. The van der Waals surface area contributed by atoms with Gasteiger partial charge in [-0.05, 0) is 30.2 Å². The van der Waals surface area contributed by atoms with Gasteiger partial charge in [-0.1, -0.05) is 72.3 Å². The third-order valence-electron chi connectivity index (χ3n) is 5.13. The van der Waals surface area contributed by atoms with Crippen LogP contribution in [0.25, 0.3) is 11.3 Å². The van der Waals surface area contributed by atoms with E-state index in [1.807, 2.05) is 84.5 Å². The van der Waals surface area contributed by atoms with Gasteiger partial charge < -0.3 is 10.1 Å². The van der Waals surface area contributed by atoms with Crippen molar-refractivity contribution in [2.75, 3.05) is 7.11 Å². The largest absolute Gasteiger partial charge is 0.497 e. The van der Waals surface area contributed by atoms with Crippen LogP contribution < -0.4 is 10.1 Å². The van der Waals surface area contributed by atoms with Crippen LogP contribution in [0.2, 0.25) is 0 Å². The van der Waals surface area contributed by atoms with Crippen molar-refractivity contribution in [3.63, 3.8) is 0 Å². The Hall–Kier alpha value is -3.86. The molecule has 1 amide bonds. The maximum Gasteiger partial charge on any atom is 0.255 e. The summed E-state index contributed by atoms with van der Waals surface area (Å²) in [5.41, 5.74) is 5.47. The first-order chi connectivity index (χ1) is 15.1. The molecule has 0 aliphatic heterocycles. The fourth-order valence-corrected chi connectivity index (χ4v) is 3.38. The van der Waals surface area contributed by atoms with E-state index in [1.165, 1.54) is 0 Å². The molecule has 4 aromatic rings. The van der Waals surface area contributed by atoms with Crippen LogP contribution in [0.5, 0.6) is 5.75 Å². The molecular weight excluding hydrogens is 386 g/mol. The van der Waals surface area contributed by atoms with Gasteiger partial charge in [-0.3, -0.25) is 9.48 Å². The first-order valence-electron chi connectivity index (χ1n) is 10.2. The quantitative estimate of drug-likeness (QED) is 0.473.